The molecule has 1 aliphatic carbocycles. The van der Waals surface area contributed by atoms with Crippen molar-refractivity contribution in [1.82, 2.24) is 5.32 Å². The van der Waals surface area contributed by atoms with Gasteiger partial charge >= 0.3 is 6.09 Å². The maximum atomic E-state index is 10.1. The molecule has 10 heavy (non-hydrogen) atoms. The molecule has 0 aliphatic heterocycles. The third-order valence-corrected chi connectivity index (χ3v) is 1.75. The zero-order valence-electron chi connectivity index (χ0n) is 5.92. The van der Waals surface area contributed by atoms with Gasteiger partial charge in [0.1, 0.15) is 0 Å². The first-order chi connectivity index (χ1) is 4.72. The average Bonchev–Trinajstić information content (AvgIpc) is 1.76. The van der Waals surface area contributed by atoms with E-state index in [1.807, 2.05) is 13.0 Å². The molecule has 0 aromatic rings. The summed E-state index contributed by atoms with van der Waals surface area (Å²) in [7, 11) is 0. The van der Waals surface area contributed by atoms with Crippen LogP contribution in [-0.4, -0.2) is 17.2 Å². The van der Waals surface area contributed by atoms with Crippen molar-refractivity contribution < 1.29 is 9.90 Å². The lowest BCUT2D eigenvalue weighted by molar-refractivity contribution is 0.187. The number of amides is 1. The highest BCUT2D eigenvalue weighted by Crippen LogP contribution is 2.25. The molecular formula is C7H11NO2. The standard InChI is InChI=1S/C7H11NO2/c1-2-5-3-6(4-5)8-7(9)10/h2,6,8H,3-4H2,1H3,(H,9,10). The summed E-state index contributed by atoms with van der Waals surface area (Å²) in [6.07, 6.45) is 2.91. The molecule has 3 nitrogen and oxygen atoms in total. The Morgan fingerprint density at radius 3 is 2.80 bits per heavy atom. The van der Waals surface area contributed by atoms with Crippen molar-refractivity contribution in [2.24, 2.45) is 0 Å². The predicted octanol–water partition coefficient (Wildman–Crippen LogP) is 1.36. The van der Waals surface area contributed by atoms with Crippen LogP contribution in [0, 0.1) is 0 Å². The lowest BCUT2D eigenvalue weighted by atomic mass is 9.86. The van der Waals surface area contributed by atoms with Crippen molar-refractivity contribution in [2.45, 2.75) is 25.8 Å². The third-order valence-electron chi connectivity index (χ3n) is 1.75. The smallest absolute Gasteiger partial charge is 0.404 e. The van der Waals surface area contributed by atoms with Gasteiger partial charge in [-0.3, -0.25) is 0 Å². The van der Waals surface area contributed by atoms with Gasteiger partial charge in [0.05, 0.1) is 0 Å². The highest BCUT2D eigenvalue weighted by atomic mass is 16.4. The van der Waals surface area contributed by atoms with Gasteiger partial charge in [-0.1, -0.05) is 11.6 Å². The molecule has 0 radical (unpaired) electrons. The summed E-state index contributed by atoms with van der Waals surface area (Å²) in [5.41, 5.74) is 1.35. The minimum atomic E-state index is -0.917. The van der Waals surface area contributed by atoms with Crippen LogP contribution in [0.25, 0.3) is 0 Å². The van der Waals surface area contributed by atoms with Crippen molar-refractivity contribution in [3.05, 3.63) is 11.6 Å². The number of allylic oxidation sites excluding steroid dienone is 1. The normalized spacial score (nSPS) is 23.3. The van der Waals surface area contributed by atoms with Crippen molar-refractivity contribution in [3.8, 4) is 0 Å². The maximum absolute atomic E-state index is 10.1. The van der Waals surface area contributed by atoms with Gasteiger partial charge in [0.15, 0.2) is 0 Å². The summed E-state index contributed by atoms with van der Waals surface area (Å²) in [6, 6.07) is 0.170. The summed E-state index contributed by atoms with van der Waals surface area (Å²) in [5, 5.41) is 10.7. The maximum Gasteiger partial charge on any atom is 0.404 e. The lowest BCUT2D eigenvalue weighted by Crippen LogP contribution is -2.39. The summed E-state index contributed by atoms with van der Waals surface area (Å²) < 4.78 is 0. The van der Waals surface area contributed by atoms with E-state index in [1.165, 1.54) is 5.57 Å². The Morgan fingerprint density at radius 1 is 1.80 bits per heavy atom. The molecule has 1 saturated carbocycles. The summed E-state index contributed by atoms with van der Waals surface area (Å²) in [4.78, 5) is 10.1. The van der Waals surface area contributed by atoms with Gasteiger partial charge < -0.3 is 10.4 Å². The van der Waals surface area contributed by atoms with Crippen LogP contribution in [-0.2, 0) is 0 Å². The molecule has 0 unspecified atom stereocenters. The van der Waals surface area contributed by atoms with Crippen LogP contribution < -0.4 is 5.32 Å². The van der Waals surface area contributed by atoms with Crippen LogP contribution in [0.1, 0.15) is 19.8 Å². The van der Waals surface area contributed by atoms with E-state index in [0.29, 0.717) is 0 Å². The number of nitrogens with one attached hydrogen (secondary N) is 1. The molecule has 0 aromatic carbocycles. The van der Waals surface area contributed by atoms with Crippen LogP contribution in [0.4, 0.5) is 4.79 Å². The lowest BCUT2D eigenvalue weighted by Gasteiger charge is -2.28. The predicted molar refractivity (Wildman–Crippen MR) is 37.9 cm³/mol. The van der Waals surface area contributed by atoms with E-state index in [0.717, 1.165) is 12.8 Å². The summed E-state index contributed by atoms with van der Waals surface area (Å²) >= 11 is 0. The first-order valence-electron chi connectivity index (χ1n) is 3.36. The minimum absolute atomic E-state index is 0.170. The van der Waals surface area contributed by atoms with Gasteiger partial charge in [0.2, 0.25) is 0 Å². The molecule has 1 rings (SSSR count). The Labute approximate surface area is 59.7 Å². The Bertz CT molecular complexity index is 166. The number of carbonyl (C=O) groups is 1. The van der Waals surface area contributed by atoms with Crippen LogP contribution in [0.5, 0.6) is 0 Å². The van der Waals surface area contributed by atoms with Gasteiger partial charge in [-0.05, 0) is 19.8 Å². The summed E-state index contributed by atoms with van der Waals surface area (Å²) in [6.45, 7) is 1.98. The van der Waals surface area contributed by atoms with Crippen LogP contribution in [0.15, 0.2) is 11.6 Å². The van der Waals surface area contributed by atoms with Crippen molar-refractivity contribution >= 4 is 6.09 Å². The Balaban J connectivity index is 2.21. The van der Waals surface area contributed by atoms with E-state index >= 15 is 0 Å². The van der Waals surface area contributed by atoms with Crippen molar-refractivity contribution in [2.75, 3.05) is 0 Å². The first-order valence-corrected chi connectivity index (χ1v) is 3.36. The number of rotatable bonds is 1. The summed E-state index contributed by atoms with van der Waals surface area (Å²) in [5.74, 6) is 0. The Hall–Kier alpha value is -0.990. The molecule has 0 atom stereocenters. The zero-order chi connectivity index (χ0) is 7.56. The van der Waals surface area contributed by atoms with Crippen LogP contribution >= 0.6 is 0 Å². The molecule has 0 bridgehead atoms. The van der Waals surface area contributed by atoms with Crippen LogP contribution in [0.3, 0.4) is 0 Å². The van der Waals surface area contributed by atoms with E-state index in [1.54, 1.807) is 0 Å². The molecule has 0 spiro atoms. The largest absolute Gasteiger partial charge is 0.465 e. The fourth-order valence-corrected chi connectivity index (χ4v) is 1.09. The van der Waals surface area contributed by atoms with Gasteiger partial charge in [-0.25, -0.2) is 4.79 Å². The SMILES string of the molecule is CC=C1CC(NC(=O)O)C1. The molecule has 1 amide bonds. The fraction of sp³-hybridized carbons (Fsp3) is 0.571. The molecule has 0 aromatic heterocycles. The topological polar surface area (TPSA) is 49.3 Å². The monoisotopic (exact) mass is 141 g/mol. The van der Waals surface area contributed by atoms with Gasteiger partial charge in [0.25, 0.3) is 0 Å². The quantitative estimate of drug-likeness (QED) is 0.542. The minimum Gasteiger partial charge on any atom is -0.465 e. The first kappa shape index (κ1) is 7.12. The van der Waals surface area contributed by atoms with E-state index in [9.17, 15) is 4.79 Å². The van der Waals surface area contributed by atoms with Gasteiger partial charge in [-0.15, -0.1) is 0 Å². The number of carboxylic acid groups (broad SMARTS) is 1. The van der Waals surface area contributed by atoms with Crippen LogP contribution in [0.2, 0.25) is 0 Å². The molecule has 3 heteroatoms. The van der Waals surface area contributed by atoms with E-state index < -0.39 is 6.09 Å². The van der Waals surface area contributed by atoms with E-state index in [-0.39, 0.29) is 6.04 Å². The van der Waals surface area contributed by atoms with E-state index in [2.05, 4.69) is 5.32 Å². The van der Waals surface area contributed by atoms with Gasteiger partial charge in [0, 0.05) is 6.04 Å². The number of hydrogen-bond acceptors (Lipinski definition) is 1. The molecule has 0 saturated heterocycles. The van der Waals surface area contributed by atoms with Crippen molar-refractivity contribution in [3.63, 3.8) is 0 Å². The van der Waals surface area contributed by atoms with Gasteiger partial charge in [-0.2, -0.15) is 0 Å². The molecule has 2 N–H and O–H groups in total. The highest BCUT2D eigenvalue weighted by molar-refractivity contribution is 5.65. The number of hydrogen-bond donors (Lipinski definition) is 2. The second kappa shape index (κ2) is 2.73. The molecule has 0 heterocycles. The fourth-order valence-electron chi connectivity index (χ4n) is 1.09. The van der Waals surface area contributed by atoms with E-state index in [4.69, 9.17) is 5.11 Å². The third kappa shape index (κ3) is 1.50. The molecule has 56 valence electrons. The molecular weight excluding hydrogens is 130 g/mol. The Morgan fingerprint density at radius 2 is 2.40 bits per heavy atom. The zero-order valence-corrected chi connectivity index (χ0v) is 5.92. The second-order valence-corrected chi connectivity index (χ2v) is 2.50. The average molecular weight is 141 g/mol. The second-order valence-electron chi connectivity index (χ2n) is 2.50. The molecule has 1 aliphatic rings. The molecule has 1 fully saturated rings. The highest BCUT2D eigenvalue weighted by Gasteiger charge is 2.23. The Kier molecular flexibility index (Phi) is 1.94. The van der Waals surface area contributed by atoms with Crippen molar-refractivity contribution in [1.29, 1.82) is 0 Å².